The fraction of sp³-hybridized carbons (Fsp3) is 0.667. The maximum atomic E-state index is 11.5. The molecule has 3 heteroatoms. The summed E-state index contributed by atoms with van der Waals surface area (Å²) < 4.78 is 4.88. The summed E-state index contributed by atoms with van der Waals surface area (Å²) in [4.78, 5) is 11.5. The van der Waals surface area contributed by atoms with E-state index in [1.54, 1.807) is 6.92 Å². The van der Waals surface area contributed by atoms with Crippen molar-refractivity contribution in [2.24, 2.45) is 11.8 Å². The number of carbonyl (C=O) groups is 1. The molecule has 2 aliphatic rings. The van der Waals surface area contributed by atoms with Crippen molar-refractivity contribution in [1.82, 2.24) is 0 Å². The number of fused-ring (bicyclic) bond motifs is 1. The summed E-state index contributed by atoms with van der Waals surface area (Å²) in [6.45, 7) is 2.10. The minimum Gasteiger partial charge on any atom is -0.462 e. The number of ether oxygens (including phenoxy) is 1. The first-order chi connectivity index (χ1) is 7.26. The number of esters is 1. The van der Waals surface area contributed by atoms with Crippen LogP contribution in [0.25, 0.3) is 0 Å². The van der Waals surface area contributed by atoms with E-state index in [0.29, 0.717) is 6.61 Å². The molecule has 0 heterocycles. The van der Waals surface area contributed by atoms with Gasteiger partial charge in [-0.3, -0.25) is 0 Å². The largest absolute Gasteiger partial charge is 0.462 e. The molecule has 2 saturated carbocycles. The van der Waals surface area contributed by atoms with Gasteiger partial charge < -0.3 is 4.74 Å². The summed E-state index contributed by atoms with van der Waals surface area (Å²) in [5, 5.41) is 8.97. The Morgan fingerprint density at radius 3 is 2.47 bits per heavy atom. The Hall–Kier alpha value is -1.30. The van der Waals surface area contributed by atoms with Gasteiger partial charge in [-0.2, -0.15) is 5.26 Å². The molecule has 0 radical (unpaired) electrons. The van der Waals surface area contributed by atoms with Crippen LogP contribution in [0.5, 0.6) is 0 Å². The highest BCUT2D eigenvalue weighted by Crippen LogP contribution is 2.50. The summed E-state index contributed by atoms with van der Waals surface area (Å²) in [5.41, 5.74) is 1.30. The molecular weight excluding hydrogens is 190 g/mol. The van der Waals surface area contributed by atoms with E-state index in [1.165, 1.54) is 12.8 Å². The van der Waals surface area contributed by atoms with E-state index >= 15 is 0 Å². The lowest BCUT2D eigenvalue weighted by molar-refractivity contribution is -0.138. The second-order valence-electron chi connectivity index (χ2n) is 4.32. The normalized spacial score (nSPS) is 27.6. The van der Waals surface area contributed by atoms with Crippen LogP contribution in [-0.4, -0.2) is 12.6 Å². The third kappa shape index (κ3) is 1.77. The van der Waals surface area contributed by atoms with Gasteiger partial charge in [-0.05, 0) is 50.0 Å². The maximum Gasteiger partial charge on any atom is 0.348 e. The Kier molecular flexibility index (Phi) is 2.77. The molecule has 0 aromatic heterocycles. The molecule has 2 aliphatic carbocycles. The lowest BCUT2D eigenvalue weighted by Gasteiger charge is -2.28. The fourth-order valence-electron chi connectivity index (χ4n) is 2.57. The van der Waals surface area contributed by atoms with Gasteiger partial charge in [-0.1, -0.05) is 0 Å². The summed E-state index contributed by atoms with van der Waals surface area (Å²) in [6.07, 6.45) is 4.39. The molecule has 2 fully saturated rings. The summed E-state index contributed by atoms with van der Waals surface area (Å²) >= 11 is 0. The first kappa shape index (κ1) is 10.2. The predicted octanol–water partition coefficient (Wildman–Crippen LogP) is 2.19. The predicted molar refractivity (Wildman–Crippen MR) is 54.7 cm³/mol. The van der Waals surface area contributed by atoms with Crippen molar-refractivity contribution in [1.29, 1.82) is 5.26 Å². The van der Waals surface area contributed by atoms with Gasteiger partial charge in [0.1, 0.15) is 11.6 Å². The van der Waals surface area contributed by atoms with Crippen molar-refractivity contribution >= 4 is 5.97 Å². The van der Waals surface area contributed by atoms with Crippen molar-refractivity contribution in [2.45, 2.75) is 32.6 Å². The van der Waals surface area contributed by atoms with Gasteiger partial charge in [-0.15, -0.1) is 0 Å². The quantitative estimate of drug-likeness (QED) is 0.394. The Bertz CT molecular complexity index is 337. The molecule has 2 rings (SSSR count). The molecule has 0 spiro atoms. The average Bonchev–Trinajstić information content (AvgIpc) is 2.46. The molecule has 0 aromatic carbocycles. The summed E-state index contributed by atoms with van der Waals surface area (Å²) in [7, 11) is 0. The maximum absolute atomic E-state index is 11.5. The van der Waals surface area contributed by atoms with Gasteiger partial charge >= 0.3 is 5.97 Å². The van der Waals surface area contributed by atoms with Crippen LogP contribution in [0.3, 0.4) is 0 Å². The highest BCUT2D eigenvalue weighted by molar-refractivity contribution is 5.93. The van der Waals surface area contributed by atoms with Crippen LogP contribution >= 0.6 is 0 Å². The van der Waals surface area contributed by atoms with Crippen molar-refractivity contribution < 1.29 is 9.53 Å². The molecule has 0 N–H and O–H groups in total. The molecule has 0 amide bonds. The van der Waals surface area contributed by atoms with Gasteiger partial charge in [0.25, 0.3) is 0 Å². The van der Waals surface area contributed by atoms with E-state index in [-0.39, 0.29) is 5.57 Å². The monoisotopic (exact) mass is 205 g/mol. The van der Waals surface area contributed by atoms with E-state index in [0.717, 1.165) is 30.3 Å². The van der Waals surface area contributed by atoms with Gasteiger partial charge in [-0.25, -0.2) is 4.79 Å². The van der Waals surface area contributed by atoms with Crippen molar-refractivity contribution in [2.75, 3.05) is 6.61 Å². The van der Waals surface area contributed by atoms with Crippen LogP contribution in [0.1, 0.15) is 32.6 Å². The first-order valence-electron chi connectivity index (χ1n) is 5.55. The molecular formula is C12H15NO2. The third-order valence-corrected chi connectivity index (χ3v) is 3.54. The van der Waals surface area contributed by atoms with Crippen LogP contribution < -0.4 is 0 Å². The molecule has 3 nitrogen and oxygen atoms in total. The van der Waals surface area contributed by atoms with E-state index < -0.39 is 5.97 Å². The minimum absolute atomic E-state index is 0.270. The molecule has 2 atom stereocenters. The van der Waals surface area contributed by atoms with E-state index in [1.807, 2.05) is 6.07 Å². The third-order valence-electron chi connectivity index (χ3n) is 3.54. The second kappa shape index (κ2) is 4.06. The van der Waals surface area contributed by atoms with Crippen molar-refractivity contribution in [3.8, 4) is 6.07 Å². The molecule has 80 valence electrons. The highest BCUT2D eigenvalue weighted by Gasteiger charge is 2.39. The lowest BCUT2D eigenvalue weighted by Crippen LogP contribution is -2.18. The van der Waals surface area contributed by atoms with Gasteiger partial charge in [0.2, 0.25) is 0 Å². The zero-order valence-electron chi connectivity index (χ0n) is 8.95. The number of nitriles is 1. The minimum atomic E-state index is -0.434. The van der Waals surface area contributed by atoms with Gasteiger partial charge in [0.15, 0.2) is 0 Å². The average molecular weight is 205 g/mol. The Balaban J connectivity index is 2.14. The topological polar surface area (TPSA) is 50.1 Å². The Labute approximate surface area is 89.7 Å². The van der Waals surface area contributed by atoms with Crippen molar-refractivity contribution in [3.05, 3.63) is 11.1 Å². The van der Waals surface area contributed by atoms with Crippen LogP contribution in [0.4, 0.5) is 0 Å². The molecule has 0 aromatic rings. The lowest BCUT2D eigenvalue weighted by atomic mass is 9.77. The number of hydrogen-bond donors (Lipinski definition) is 0. The number of nitrogens with zero attached hydrogens (tertiary/aromatic N) is 1. The molecule has 2 unspecified atom stereocenters. The molecule has 0 bridgehead atoms. The number of hydrogen-bond acceptors (Lipinski definition) is 3. The Morgan fingerprint density at radius 1 is 1.47 bits per heavy atom. The van der Waals surface area contributed by atoms with Crippen LogP contribution in [-0.2, 0) is 9.53 Å². The number of rotatable bonds is 2. The zero-order valence-corrected chi connectivity index (χ0v) is 8.95. The number of allylic oxidation sites excluding steroid dienone is 1. The zero-order chi connectivity index (χ0) is 10.8. The SMILES string of the molecule is CCOC(=O)C(C#N)=C1CC2CCC2C1. The summed E-state index contributed by atoms with van der Waals surface area (Å²) in [5.74, 6) is 1.03. The first-order valence-corrected chi connectivity index (χ1v) is 5.55. The standard InChI is InChI=1S/C12H15NO2/c1-2-15-12(14)11(7-13)10-5-8-3-4-9(8)6-10/h8-9H,2-6H2,1H3. The van der Waals surface area contributed by atoms with Crippen LogP contribution in [0, 0.1) is 23.2 Å². The summed E-state index contributed by atoms with van der Waals surface area (Å²) in [6, 6.07) is 2.00. The highest BCUT2D eigenvalue weighted by atomic mass is 16.5. The van der Waals surface area contributed by atoms with Crippen LogP contribution in [0.2, 0.25) is 0 Å². The molecule has 0 saturated heterocycles. The van der Waals surface area contributed by atoms with E-state index in [2.05, 4.69) is 0 Å². The number of carbonyl (C=O) groups excluding carboxylic acids is 1. The molecule has 0 aliphatic heterocycles. The second-order valence-corrected chi connectivity index (χ2v) is 4.32. The van der Waals surface area contributed by atoms with E-state index in [9.17, 15) is 4.79 Å². The van der Waals surface area contributed by atoms with Gasteiger partial charge in [0, 0.05) is 0 Å². The van der Waals surface area contributed by atoms with E-state index in [4.69, 9.17) is 10.00 Å². The fourth-order valence-corrected chi connectivity index (χ4v) is 2.57. The van der Waals surface area contributed by atoms with Crippen molar-refractivity contribution in [3.63, 3.8) is 0 Å². The van der Waals surface area contributed by atoms with Crippen LogP contribution in [0.15, 0.2) is 11.1 Å². The Morgan fingerprint density at radius 2 is 2.07 bits per heavy atom. The van der Waals surface area contributed by atoms with Gasteiger partial charge in [0.05, 0.1) is 6.61 Å². The smallest absolute Gasteiger partial charge is 0.348 e. The molecule has 15 heavy (non-hydrogen) atoms.